The van der Waals surface area contributed by atoms with Crippen LogP contribution in [0.2, 0.25) is 10.0 Å². The molecule has 2 aromatic carbocycles. The summed E-state index contributed by atoms with van der Waals surface area (Å²) >= 11 is 11.9. The van der Waals surface area contributed by atoms with E-state index in [0.717, 1.165) is 13.2 Å². The molecule has 8 nitrogen and oxygen atoms in total. The molecule has 0 spiro atoms. The van der Waals surface area contributed by atoms with Gasteiger partial charge in [0.15, 0.2) is 12.4 Å². The number of hydrogen-bond donors (Lipinski definition) is 1. The first-order valence-electron chi connectivity index (χ1n) is 7.07. The Balaban J connectivity index is 2.12. The van der Waals surface area contributed by atoms with Gasteiger partial charge in [0.1, 0.15) is 0 Å². The van der Waals surface area contributed by atoms with E-state index in [-0.39, 0.29) is 27.0 Å². The van der Waals surface area contributed by atoms with Gasteiger partial charge in [-0.05, 0) is 24.3 Å². The number of rotatable bonds is 6. The van der Waals surface area contributed by atoms with Gasteiger partial charge in [0, 0.05) is 6.07 Å². The van der Waals surface area contributed by atoms with Crippen molar-refractivity contribution in [3.05, 3.63) is 62.1 Å². The lowest BCUT2D eigenvalue weighted by atomic mass is 10.2. The third kappa shape index (κ3) is 4.62. The number of ether oxygens (including phenoxy) is 2. The number of nitrogens with zero attached hydrogens (tertiary/aromatic N) is 1. The highest BCUT2D eigenvalue weighted by atomic mass is 35.5. The summed E-state index contributed by atoms with van der Waals surface area (Å²) in [6, 6.07) is 8.20. The molecule has 2 rings (SSSR count). The molecule has 26 heavy (non-hydrogen) atoms. The van der Waals surface area contributed by atoms with Gasteiger partial charge in [0.2, 0.25) is 0 Å². The van der Waals surface area contributed by atoms with Crippen LogP contribution >= 0.6 is 23.2 Å². The average molecular weight is 399 g/mol. The van der Waals surface area contributed by atoms with E-state index in [2.05, 4.69) is 10.1 Å². The predicted octanol–water partition coefficient (Wildman–Crippen LogP) is 3.71. The van der Waals surface area contributed by atoms with Crippen molar-refractivity contribution in [2.45, 2.75) is 0 Å². The topological polar surface area (TPSA) is 108 Å². The van der Waals surface area contributed by atoms with Crippen molar-refractivity contribution in [2.75, 3.05) is 19.0 Å². The first kappa shape index (κ1) is 19.5. The second-order valence-electron chi connectivity index (χ2n) is 4.86. The van der Waals surface area contributed by atoms with Gasteiger partial charge in [-0.2, -0.15) is 0 Å². The molecule has 0 aliphatic carbocycles. The van der Waals surface area contributed by atoms with Crippen LogP contribution in [0.1, 0.15) is 10.4 Å². The summed E-state index contributed by atoms with van der Waals surface area (Å²) in [5.74, 6) is -1.53. The summed E-state index contributed by atoms with van der Waals surface area (Å²) < 4.78 is 9.69. The molecule has 0 saturated heterocycles. The Bertz CT molecular complexity index is 852. The molecule has 0 unspecified atom stereocenters. The van der Waals surface area contributed by atoms with Gasteiger partial charge in [-0.3, -0.25) is 14.9 Å². The van der Waals surface area contributed by atoms with Crippen LogP contribution in [0.25, 0.3) is 0 Å². The fraction of sp³-hybridized carbons (Fsp3) is 0.125. The minimum Gasteiger partial charge on any atom is -0.477 e. The molecule has 0 radical (unpaired) electrons. The molecule has 0 fully saturated rings. The van der Waals surface area contributed by atoms with E-state index in [1.165, 1.54) is 12.1 Å². The predicted molar refractivity (Wildman–Crippen MR) is 95.0 cm³/mol. The number of hydrogen-bond acceptors (Lipinski definition) is 6. The first-order valence-corrected chi connectivity index (χ1v) is 7.82. The van der Waals surface area contributed by atoms with Crippen LogP contribution in [-0.4, -0.2) is 30.5 Å². The van der Waals surface area contributed by atoms with Crippen molar-refractivity contribution in [3.8, 4) is 5.75 Å². The van der Waals surface area contributed by atoms with Gasteiger partial charge in [0.05, 0.1) is 33.3 Å². The monoisotopic (exact) mass is 398 g/mol. The highest BCUT2D eigenvalue weighted by Crippen LogP contribution is 2.30. The Morgan fingerprint density at radius 3 is 2.42 bits per heavy atom. The molecule has 0 bridgehead atoms. The van der Waals surface area contributed by atoms with Crippen LogP contribution < -0.4 is 10.1 Å². The number of carbonyl (C=O) groups is 2. The number of halogens is 2. The minimum absolute atomic E-state index is 0.0150. The maximum absolute atomic E-state index is 12.0. The fourth-order valence-corrected chi connectivity index (χ4v) is 2.45. The zero-order valence-electron chi connectivity index (χ0n) is 13.3. The Morgan fingerprint density at radius 1 is 1.19 bits per heavy atom. The van der Waals surface area contributed by atoms with Crippen LogP contribution in [0, 0.1) is 10.1 Å². The molecule has 10 heteroatoms. The largest absolute Gasteiger partial charge is 0.477 e. The van der Waals surface area contributed by atoms with Crippen LogP contribution in [0.3, 0.4) is 0 Å². The number of nitro groups is 1. The molecule has 2 aromatic rings. The second-order valence-corrected chi connectivity index (χ2v) is 5.68. The van der Waals surface area contributed by atoms with E-state index in [4.69, 9.17) is 27.9 Å². The van der Waals surface area contributed by atoms with E-state index < -0.39 is 29.1 Å². The number of para-hydroxylation sites is 1. The zero-order valence-corrected chi connectivity index (χ0v) is 14.8. The number of nitro benzene ring substituents is 1. The fourth-order valence-electron chi connectivity index (χ4n) is 1.96. The van der Waals surface area contributed by atoms with Gasteiger partial charge in [-0.25, -0.2) is 4.79 Å². The SMILES string of the molecule is COC(=O)c1ccc(OCC(=O)Nc2c(Cl)cccc2Cl)c([N+](=O)[O-])c1. The van der Waals surface area contributed by atoms with E-state index in [9.17, 15) is 19.7 Å². The van der Waals surface area contributed by atoms with Crippen LogP contribution in [-0.2, 0) is 9.53 Å². The number of anilines is 1. The molecule has 0 aliphatic rings. The van der Waals surface area contributed by atoms with Gasteiger partial charge >= 0.3 is 11.7 Å². The molecule has 0 atom stereocenters. The summed E-state index contributed by atoms with van der Waals surface area (Å²) in [5.41, 5.74) is -0.282. The van der Waals surface area contributed by atoms with Crippen LogP contribution in [0.5, 0.6) is 5.75 Å². The Hall–Kier alpha value is -2.84. The number of amides is 1. The number of benzene rings is 2. The lowest BCUT2D eigenvalue weighted by molar-refractivity contribution is -0.385. The third-order valence-corrected chi connectivity index (χ3v) is 3.79. The molecule has 136 valence electrons. The van der Waals surface area contributed by atoms with Crippen molar-refractivity contribution < 1.29 is 24.0 Å². The molecule has 1 N–H and O–H groups in total. The van der Waals surface area contributed by atoms with E-state index >= 15 is 0 Å². The Morgan fingerprint density at radius 2 is 1.85 bits per heavy atom. The van der Waals surface area contributed by atoms with Gasteiger partial charge < -0.3 is 14.8 Å². The number of esters is 1. The van der Waals surface area contributed by atoms with E-state index in [1.54, 1.807) is 18.2 Å². The summed E-state index contributed by atoms with van der Waals surface area (Å²) in [5, 5.41) is 14.1. The van der Waals surface area contributed by atoms with Gasteiger partial charge in [-0.15, -0.1) is 0 Å². The van der Waals surface area contributed by atoms with E-state index in [1.807, 2.05) is 0 Å². The molecular weight excluding hydrogens is 387 g/mol. The smallest absolute Gasteiger partial charge is 0.338 e. The quantitative estimate of drug-likeness (QED) is 0.451. The molecule has 0 aromatic heterocycles. The normalized spacial score (nSPS) is 10.1. The molecule has 0 aliphatic heterocycles. The number of methoxy groups -OCH3 is 1. The summed E-state index contributed by atoms with van der Waals surface area (Å²) in [4.78, 5) is 33.9. The molecule has 0 saturated carbocycles. The minimum atomic E-state index is -0.732. The summed E-state index contributed by atoms with van der Waals surface area (Å²) in [6.07, 6.45) is 0. The maximum atomic E-state index is 12.0. The van der Waals surface area contributed by atoms with Crippen molar-refractivity contribution in [1.82, 2.24) is 0 Å². The highest BCUT2D eigenvalue weighted by Gasteiger charge is 2.20. The van der Waals surface area contributed by atoms with E-state index in [0.29, 0.717) is 0 Å². The van der Waals surface area contributed by atoms with Gasteiger partial charge in [-0.1, -0.05) is 29.3 Å². The third-order valence-electron chi connectivity index (χ3n) is 3.16. The van der Waals surface area contributed by atoms with Crippen LogP contribution in [0.15, 0.2) is 36.4 Å². The summed E-state index contributed by atoms with van der Waals surface area (Å²) in [7, 11) is 1.16. The maximum Gasteiger partial charge on any atom is 0.338 e. The lowest BCUT2D eigenvalue weighted by Crippen LogP contribution is -2.21. The summed E-state index contributed by atoms with van der Waals surface area (Å²) in [6.45, 7) is -0.528. The molecule has 0 heterocycles. The van der Waals surface area contributed by atoms with Crippen molar-refractivity contribution in [2.24, 2.45) is 0 Å². The van der Waals surface area contributed by atoms with Crippen molar-refractivity contribution in [3.63, 3.8) is 0 Å². The Labute approximate surface area is 157 Å². The van der Waals surface area contributed by atoms with Gasteiger partial charge in [0.25, 0.3) is 5.91 Å². The number of nitrogens with one attached hydrogen (secondary N) is 1. The molecular formula is C16H12Cl2N2O6. The standard InChI is InChI=1S/C16H12Cl2N2O6/c1-25-16(22)9-5-6-13(12(7-9)20(23)24)26-8-14(21)19-15-10(17)3-2-4-11(15)18/h2-7H,8H2,1H3,(H,19,21). The highest BCUT2D eigenvalue weighted by molar-refractivity contribution is 6.39. The second kappa shape index (κ2) is 8.50. The first-order chi connectivity index (χ1) is 12.3. The van der Waals surface area contributed by atoms with Crippen LogP contribution in [0.4, 0.5) is 11.4 Å². The molecule has 1 amide bonds. The average Bonchev–Trinajstić information content (AvgIpc) is 2.62. The van der Waals surface area contributed by atoms with Crippen molar-refractivity contribution in [1.29, 1.82) is 0 Å². The van der Waals surface area contributed by atoms with Crippen molar-refractivity contribution >= 4 is 46.5 Å². The Kier molecular flexibility index (Phi) is 6.37. The lowest BCUT2D eigenvalue weighted by Gasteiger charge is -2.10. The number of carbonyl (C=O) groups excluding carboxylic acids is 2. The zero-order chi connectivity index (χ0) is 19.3.